The van der Waals surface area contributed by atoms with Crippen molar-refractivity contribution in [3.05, 3.63) is 65.2 Å². The van der Waals surface area contributed by atoms with Gasteiger partial charge in [-0.25, -0.2) is 0 Å². The SMILES string of the molecule is CC(C)C(=O)N1Cc2ccccc2CC2(CCCN(Cc3ccc(O)cc3)C2)C1. The zero-order chi connectivity index (χ0) is 20.4. The highest BCUT2D eigenvalue weighted by Gasteiger charge is 2.40. The number of benzene rings is 2. The van der Waals surface area contributed by atoms with Crippen molar-refractivity contribution >= 4 is 5.91 Å². The molecule has 4 rings (SSSR count). The molecule has 2 aromatic carbocycles. The van der Waals surface area contributed by atoms with Crippen molar-refractivity contribution in [2.75, 3.05) is 19.6 Å². The van der Waals surface area contributed by atoms with E-state index in [0.29, 0.717) is 5.75 Å². The summed E-state index contributed by atoms with van der Waals surface area (Å²) in [5.74, 6) is 0.595. The smallest absolute Gasteiger partial charge is 0.225 e. The van der Waals surface area contributed by atoms with Crippen molar-refractivity contribution in [3.8, 4) is 5.75 Å². The largest absolute Gasteiger partial charge is 0.508 e. The molecule has 29 heavy (non-hydrogen) atoms. The average molecular weight is 393 g/mol. The molecule has 1 amide bonds. The van der Waals surface area contributed by atoms with E-state index in [4.69, 9.17) is 0 Å². The summed E-state index contributed by atoms with van der Waals surface area (Å²) in [6.45, 7) is 8.56. The molecule has 4 nitrogen and oxygen atoms in total. The van der Waals surface area contributed by atoms with Crippen LogP contribution in [0.3, 0.4) is 0 Å². The molecule has 0 bridgehead atoms. The number of phenolic OH excluding ortho intramolecular Hbond substituents is 1. The van der Waals surface area contributed by atoms with Crippen molar-refractivity contribution in [3.63, 3.8) is 0 Å². The second-order valence-corrected chi connectivity index (χ2v) is 9.28. The first kappa shape index (κ1) is 20.0. The molecule has 1 spiro atoms. The number of amides is 1. The summed E-state index contributed by atoms with van der Waals surface area (Å²) in [6, 6.07) is 16.2. The van der Waals surface area contributed by atoms with Crippen LogP contribution < -0.4 is 0 Å². The predicted molar refractivity (Wildman–Crippen MR) is 115 cm³/mol. The van der Waals surface area contributed by atoms with Gasteiger partial charge in [-0.1, -0.05) is 50.2 Å². The summed E-state index contributed by atoms with van der Waals surface area (Å²) in [5, 5.41) is 9.56. The quantitative estimate of drug-likeness (QED) is 0.851. The Morgan fingerprint density at radius 3 is 2.52 bits per heavy atom. The topological polar surface area (TPSA) is 43.8 Å². The molecule has 2 aliphatic rings. The highest BCUT2D eigenvalue weighted by molar-refractivity contribution is 5.78. The lowest BCUT2D eigenvalue weighted by Gasteiger charge is -2.44. The monoisotopic (exact) mass is 392 g/mol. The van der Waals surface area contributed by atoms with E-state index in [0.717, 1.165) is 52.0 Å². The van der Waals surface area contributed by atoms with E-state index in [1.165, 1.54) is 16.7 Å². The second kappa shape index (κ2) is 8.19. The minimum Gasteiger partial charge on any atom is -0.508 e. The number of carbonyl (C=O) groups excluding carboxylic acids is 1. The Morgan fingerprint density at radius 1 is 1.07 bits per heavy atom. The van der Waals surface area contributed by atoms with Gasteiger partial charge in [0.15, 0.2) is 0 Å². The molecule has 1 fully saturated rings. The normalized spacial score (nSPS) is 22.5. The van der Waals surface area contributed by atoms with E-state index in [-0.39, 0.29) is 17.2 Å². The molecule has 1 saturated heterocycles. The van der Waals surface area contributed by atoms with Crippen LogP contribution in [-0.4, -0.2) is 40.4 Å². The van der Waals surface area contributed by atoms with Crippen LogP contribution in [0.2, 0.25) is 0 Å². The minimum atomic E-state index is 0.0222. The van der Waals surface area contributed by atoms with Crippen LogP contribution in [0.1, 0.15) is 43.4 Å². The average Bonchev–Trinajstić information content (AvgIpc) is 2.85. The minimum absolute atomic E-state index is 0.0222. The fourth-order valence-corrected chi connectivity index (χ4v) is 5.11. The molecule has 0 aromatic heterocycles. The van der Waals surface area contributed by atoms with E-state index < -0.39 is 0 Å². The molecular weight excluding hydrogens is 360 g/mol. The molecule has 4 heteroatoms. The van der Waals surface area contributed by atoms with Gasteiger partial charge < -0.3 is 10.0 Å². The lowest BCUT2D eigenvalue weighted by molar-refractivity contribution is -0.137. The van der Waals surface area contributed by atoms with Gasteiger partial charge in [-0.3, -0.25) is 9.69 Å². The van der Waals surface area contributed by atoms with Crippen LogP contribution in [0.15, 0.2) is 48.5 Å². The molecule has 2 heterocycles. The van der Waals surface area contributed by atoms with E-state index in [1.807, 2.05) is 26.0 Å². The Hall–Kier alpha value is -2.33. The molecule has 1 atom stereocenters. The number of piperidine rings is 1. The van der Waals surface area contributed by atoms with Crippen LogP contribution in [0, 0.1) is 11.3 Å². The summed E-state index contributed by atoms with van der Waals surface area (Å²) in [6.07, 6.45) is 3.36. The molecule has 1 N–H and O–H groups in total. The first-order valence-corrected chi connectivity index (χ1v) is 10.8. The van der Waals surface area contributed by atoms with Gasteiger partial charge in [0, 0.05) is 37.5 Å². The third kappa shape index (κ3) is 4.48. The molecule has 1 unspecified atom stereocenters. The number of aromatic hydroxyl groups is 1. The van der Waals surface area contributed by atoms with E-state index in [1.54, 1.807) is 12.1 Å². The third-order valence-electron chi connectivity index (χ3n) is 6.46. The van der Waals surface area contributed by atoms with Crippen LogP contribution in [0.25, 0.3) is 0 Å². The lowest BCUT2D eigenvalue weighted by Crippen LogP contribution is -2.50. The number of rotatable bonds is 3. The number of hydrogen-bond acceptors (Lipinski definition) is 3. The maximum absolute atomic E-state index is 13.0. The first-order chi connectivity index (χ1) is 13.9. The van der Waals surface area contributed by atoms with Crippen molar-refractivity contribution in [1.82, 2.24) is 9.80 Å². The zero-order valence-corrected chi connectivity index (χ0v) is 17.6. The molecule has 0 saturated carbocycles. The zero-order valence-electron chi connectivity index (χ0n) is 17.6. The predicted octanol–water partition coefficient (Wildman–Crippen LogP) is 4.22. The summed E-state index contributed by atoms with van der Waals surface area (Å²) in [4.78, 5) is 17.6. The number of nitrogens with zero attached hydrogens (tertiary/aromatic N) is 2. The fraction of sp³-hybridized carbons (Fsp3) is 0.480. The van der Waals surface area contributed by atoms with Crippen LogP contribution in [0.5, 0.6) is 5.75 Å². The van der Waals surface area contributed by atoms with E-state index >= 15 is 0 Å². The second-order valence-electron chi connectivity index (χ2n) is 9.28. The lowest BCUT2D eigenvalue weighted by atomic mass is 9.74. The molecule has 2 aromatic rings. The van der Waals surface area contributed by atoms with Crippen molar-refractivity contribution in [2.45, 2.75) is 46.2 Å². The third-order valence-corrected chi connectivity index (χ3v) is 6.46. The summed E-state index contributed by atoms with van der Waals surface area (Å²) < 4.78 is 0. The van der Waals surface area contributed by atoms with Crippen LogP contribution in [-0.2, 0) is 24.3 Å². The Kier molecular flexibility index (Phi) is 5.64. The number of fused-ring (bicyclic) bond motifs is 1. The van der Waals surface area contributed by atoms with Crippen molar-refractivity contribution in [2.24, 2.45) is 11.3 Å². The van der Waals surface area contributed by atoms with Gasteiger partial charge in [0.25, 0.3) is 0 Å². The number of hydrogen-bond donors (Lipinski definition) is 1. The number of phenols is 1. The Morgan fingerprint density at radius 2 is 1.79 bits per heavy atom. The summed E-state index contributed by atoms with van der Waals surface area (Å²) in [7, 11) is 0. The van der Waals surface area contributed by atoms with Gasteiger partial charge in [-0.05, 0) is 54.6 Å². The maximum atomic E-state index is 13.0. The maximum Gasteiger partial charge on any atom is 0.225 e. The molecule has 0 radical (unpaired) electrons. The van der Waals surface area contributed by atoms with Crippen molar-refractivity contribution < 1.29 is 9.90 Å². The van der Waals surface area contributed by atoms with Gasteiger partial charge in [0.2, 0.25) is 5.91 Å². The molecule has 154 valence electrons. The Balaban J connectivity index is 1.59. The van der Waals surface area contributed by atoms with Gasteiger partial charge in [-0.15, -0.1) is 0 Å². The van der Waals surface area contributed by atoms with Gasteiger partial charge in [0.05, 0.1) is 0 Å². The van der Waals surface area contributed by atoms with Gasteiger partial charge >= 0.3 is 0 Å². The molecule has 2 aliphatic heterocycles. The summed E-state index contributed by atoms with van der Waals surface area (Å²) >= 11 is 0. The van der Waals surface area contributed by atoms with Gasteiger partial charge in [-0.2, -0.15) is 0 Å². The standard InChI is InChI=1S/C25H32N2O2/c1-19(2)24(29)27-16-22-7-4-3-6-21(22)14-25(18-27)12-5-13-26(17-25)15-20-8-10-23(28)11-9-20/h3-4,6-11,19,28H,5,12-18H2,1-2H3. The van der Waals surface area contributed by atoms with Gasteiger partial charge in [0.1, 0.15) is 5.75 Å². The van der Waals surface area contributed by atoms with Crippen LogP contribution >= 0.6 is 0 Å². The van der Waals surface area contributed by atoms with E-state index in [2.05, 4.69) is 34.1 Å². The fourth-order valence-electron chi connectivity index (χ4n) is 5.11. The van der Waals surface area contributed by atoms with Crippen LogP contribution in [0.4, 0.5) is 0 Å². The first-order valence-electron chi connectivity index (χ1n) is 10.8. The van der Waals surface area contributed by atoms with Crippen molar-refractivity contribution in [1.29, 1.82) is 0 Å². The number of carbonyl (C=O) groups is 1. The summed E-state index contributed by atoms with van der Waals surface area (Å²) in [5.41, 5.74) is 4.03. The molecular formula is C25H32N2O2. The molecule has 0 aliphatic carbocycles. The highest BCUT2D eigenvalue weighted by Crippen LogP contribution is 2.39. The number of likely N-dealkylation sites (tertiary alicyclic amines) is 1. The highest BCUT2D eigenvalue weighted by atomic mass is 16.3. The van der Waals surface area contributed by atoms with E-state index in [9.17, 15) is 9.90 Å². The Labute approximate surface area is 174 Å². The Bertz CT molecular complexity index is 861.